The van der Waals surface area contributed by atoms with Gasteiger partial charge in [-0.1, -0.05) is 5.16 Å². The summed E-state index contributed by atoms with van der Waals surface area (Å²) in [6, 6.07) is 0. The van der Waals surface area contributed by atoms with Gasteiger partial charge in [0.15, 0.2) is 0 Å². The van der Waals surface area contributed by atoms with Gasteiger partial charge in [0.25, 0.3) is 11.7 Å². The predicted molar refractivity (Wildman–Crippen MR) is 36.7 cm³/mol. The van der Waals surface area contributed by atoms with E-state index in [2.05, 4.69) is 14.7 Å². The van der Waals surface area contributed by atoms with Gasteiger partial charge in [0.1, 0.15) is 6.61 Å². The summed E-state index contributed by atoms with van der Waals surface area (Å²) in [7, 11) is 1.48. The van der Waals surface area contributed by atoms with Gasteiger partial charge in [0.05, 0.1) is 0 Å². The molecule has 7 heteroatoms. The molecule has 1 aromatic rings. The Morgan fingerprint density at radius 3 is 3.17 bits per heavy atom. The maximum atomic E-state index is 10.8. The van der Waals surface area contributed by atoms with Crippen LogP contribution in [-0.4, -0.2) is 23.2 Å². The van der Waals surface area contributed by atoms with E-state index in [1.165, 1.54) is 7.11 Å². The largest absolute Gasteiger partial charge is 0.375 e. The van der Waals surface area contributed by atoms with Crippen molar-refractivity contribution < 1.29 is 14.1 Å². The third-order valence-electron chi connectivity index (χ3n) is 1.07. The van der Waals surface area contributed by atoms with E-state index in [0.29, 0.717) is 0 Å². The van der Waals surface area contributed by atoms with E-state index in [9.17, 15) is 4.79 Å². The van der Waals surface area contributed by atoms with E-state index in [1.54, 1.807) is 0 Å². The second kappa shape index (κ2) is 3.79. The van der Waals surface area contributed by atoms with Crippen molar-refractivity contribution in [3.63, 3.8) is 0 Å². The number of nitrogens with zero attached hydrogens (tertiary/aromatic N) is 2. The van der Waals surface area contributed by atoms with Crippen molar-refractivity contribution in [3.05, 3.63) is 11.7 Å². The molecule has 0 bridgehead atoms. The van der Waals surface area contributed by atoms with Crippen molar-refractivity contribution in [3.8, 4) is 0 Å². The first kappa shape index (κ1) is 8.62. The van der Waals surface area contributed by atoms with Gasteiger partial charge in [0.2, 0.25) is 0 Å². The number of amides is 1. The molecule has 0 saturated heterocycles. The molecule has 0 unspecified atom stereocenters. The van der Waals surface area contributed by atoms with E-state index in [4.69, 9.17) is 10.6 Å². The van der Waals surface area contributed by atoms with Crippen LogP contribution in [0.25, 0.3) is 0 Å². The summed E-state index contributed by atoms with van der Waals surface area (Å²) in [6.07, 6.45) is 0. The van der Waals surface area contributed by atoms with Gasteiger partial charge in [-0.2, -0.15) is 4.98 Å². The van der Waals surface area contributed by atoms with Crippen molar-refractivity contribution in [2.45, 2.75) is 6.61 Å². The molecule has 0 aliphatic rings. The van der Waals surface area contributed by atoms with Crippen molar-refractivity contribution >= 4 is 5.91 Å². The van der Waals surface area contributed by atoms with Crippen LogP contribution >= 0.6 is 0 Å². The third kappa shape index (κ3) is 1.77. The molecule has 1 rings (SSSR count). The highest BCUT2D eigenvalue weighted by atomic mass is 16.5. The lowest BCUT2D eigenvalue weighted by molar-refractivity contribution is 0.0940. The molecule has 0 spiro atoms. The summed E-state index contributed by atoms with van der Waals surface area (Å²) in [4.78, 5) is 14.4. The topological polar surface area (TPSA) is 103 Å². The van der Waals surface area contributed by atoms with Gasteiger partial charge in [-0.3, -0.25) is 10.2 Å². The lowest BCUT2D eigenvalue weighted by Gasteiger charge is -1.88. The molecule has 0 fully saturated rings. The standard InChI is InChI=1S/C5H8N4O3/c1-11-2-3-7-4(9-12-3)5(10)8-6/h2,6H2,1H3,(H,8,10). The van der Waals surface area contributed by atoms with Crippen LogP contribution < -0.4 is 11.3 Å². The Labute approximate surface area is 67.8 Å². The zero-order valence-corrected chi connectivity index (χ0v) is 6.40. The van der Waals surface area contributed by atoms with Gasteiger partial charge in [0, 0.05) is 7.11 Å². The highest BCUT2D eigenvalue weighted by molar-refractivity contribution is 5.89. The number of ether oxygens (including phenoxy) is 1. The first-order valence-electron chi connectivity index (χ1n) is 3.10. The fourth-order valence-corrected chi connectivity index (χ4v) is 0.594. The number of rotatable bonds is 3. The van der Waals surface area contributed by atoms with Crippen molar-refractivity contribution in [2.24, 2.45) is 5.84 Å². The molecule has 0 atom stereocenters. The number of carbonyl (C=O) groups is 1. The Morgan fingerprint density at radius 2 is 2.58 bits per heavy atom. The highest BCUT2D eigenvalue weighted by Gasteiger charge is 2.12. The number of nitrogens with two attached hydrogens (primary N) is 1. The Bertz CT molecular complexity index is 271. The predicted octanol–water partition coefficient (Wildman–Crippen LogP) is -1.18. The van der Waals surface area contributed by atoms with E-state index in [0.717, 1.165) is 0 Å². The number of methoxy groups -OCH3 is 1. The van der Waals surface area contributed by atoms with Gasteiger partial charge in [-0.05, 0) is 0 Å². The first-order chi connectivity index (χ1) is 5.77. The number of aromatic nitrogens is 2. The van der Waals surface area contributed by atoms with Crippen LogP contribution in [0.2, 0.25) is 0 Å². The number of hydrogen-bond donors (Lipinski definition) is 2. The monoisotopic (exact) mass is 172 g/mol. The fraction of sp³-hybridized carbons (Fsp3) is 0.400. The van der Waals surface area contributed by atoms with Crippen molar-refractivity contribution in [2.75, 3.05) is 7.11 Å². The number of hydrazine groups is 1. The molecule has 1 heterocycles. The minimum atomic E-state index is -0.596. The lowest BCUT2D eigenvalue weighted by atomic mass is 10.6. The Hall–Kier alpha value is -1.47. The zero-order valence-electron chi connectivity index (χ0n) is 6.40. The SMILES string of the molecule is COCc1nc(C(=O)NN)no1. The average molecular weight is 172 g/mol. The highest BCUT2D eigenvalue weighted by Crippen LogP contribution is 1.97. The van der Waals surface area contributed by atoms with Gasteiger partial charge in [-0.25, -0.2) is 5.84 Å². The molecule has 66 valence electrons. The summed E-state index contributed by atoms with van der Waals surface area (Å²) in [5.41, 5.74) is 1.87. The van der Waals surface area contributed by atoms with E-state index in [1.807, 2.05) is 5.43 Å². The van der Waals surface area contributed by atoms with E-state index >= 15 is 0 Å². The summed E-state index contributed by atoms with van der Waals surface area (Å²) in [5, 5.41) is 3.35. The molecular weight excluding hydrogens is 164 g/mol. The maximum absolute atomic E-state index is 10.8. The summed E-state index contributed by atoms with van der Waals surface area (Å²) >= 11 is 0. The molecular formula is C5H8N4O3. The number of hydrogen-bond acceptors (Lipinski definition) is 6. The third-order valence-corrected chi connectivity index (χ3v) is 1.07. The van der Waals surface area contributed by atoms with Crippen LogP contribution in [0.15, 0.2) is 4.52 Å². The molecule has 1 amide bonds. The van der Waals surface area contributed by atoms with Crippen molar-refractivity contribution in [1.82, 2.24) is 15.6 Å². The molecule has 0 radical (unpaired) electrons. The molecule has 0 saturated carbocycles. The molecule has 1 aromatic heterocycles. The summed E-state index contributed by atoms with van der Waals surface area (Å²) < 4.78 is 9.32. The van der Waals surface area contributed by atoms with Crippen LogP contribution in [0.1, 0.15) is 16.5 Å². The molecule has 0 aliphatic carbocycles. The first-order valence-corrected chi connectivity index (χ1v) is 3.10. The van der Waals surface area contributed by atoms with Crippen LogP contribution in [0, 0.1) is 0 Å². The summed E-state index contributed by atoms with van der Waals surface area (Å²) in [5.74, 6) is 4.36. The molecule has 12 heavy (non-hydrogen) atoms. The minimum Gasteiger partial charge on any atom is -0.375 e. The second-order valence-corrected chi connectivity index (χ2v) is 1.92. The van der Waals surface area contributed by atoms with Crippen LogP contribution in [0.5, 0.6) is 0 Å². The normalized spacial score (nSPS) is 9.83. The van der Waals surface area contributed by atoms with Crippen molar-refractivity contribution in [1.29, 1.82) is 0 Å². The van der Waals surface area contributed by atoms with Crippen LogP contribution in [0.3, 0.4) is 0 Å². The number of carbonyl (C=O) groups excluding carboxylic acids is 1. The van der Waals surface area contributed by atoms with E-state index in [-0.39, 0.29) is 18.3 Å². The minimum absolute atomic E-state index is 0.107. The smallest absolute Gasteiger partial charge is 0.306 e. The maximum Gasteiger partial charge on any atom is 0.306 e. The Morgan fingerprint density at radius 1 is 1.83 bits per heavy atom. The van der Waals surface area contributed by atoms with Crippen LogP contribution in [-0.2, 0) is 11.3 Å². The quantitative estimate of drug-likeness (QED) is 0.338. The molecule has 7 nitrogen and oxygen atoms in total. The van der Waals surface area contributed by atoms with E-state index < -0.39 is 5.91 Å². The Balaban J connectivity index is 2.70. The van der Waals surface area contributed by atoms with Crippen LogP contribution in [0.4, 0.5) is 0 Å². The lowest BCUT2D eigenvalue weighted by Crippen LogP contribution is -2.30. The zero-order chi connectivity index (χ0) is 8.97. The van der Waals surface area contributed by atoms with Gasteiger partial charge >= 0.3 is 5.91 Å². The molecule has 0 aromatic carbocycles. The number of nitrogen functional groups attached to an aromatic ring is 1. The Kier molecular flexibility index (Phi) is 2.72. The second-order valence-electron chi connectivity index (χ2n) is 1.92. The molecule has 3 N–H and O–H groups in total. The van der Waals surface area contributed by atoms with Gasteiger partial charge < -0.3 is 9.26 Å². The van der Waals surface area contributed by atoms with Gasteiger partial charge in [-0.15, -0.1) is 0 Å². The molecule has 0 aliphatic heterocycles. The number of nitrogens with one attached hydrogen (secondary N) is 1. The average Bonchev–Trinajstić information content (AvgIpc) is 2.52. The summed E-state index contributed by atoms with van der Waals surface area (Å²) in [6.45, 7) is 0.171. The fourth-order valence-electron chi connectivity index (χ4n) is 0.594.